The molecule has 1 saturated carbocycles. The number of benzene rings is 1. The molecule has 1 aromatic carbocycles. The average Bonchev–Trinajstić information content (AvgIpc) is 2.62. The first-order valence-electron chi connectivity index (χ1n) is 6.40. The van der Waals surface area contributed by atoms with E-state index in [0.717, 1.165) is 18.9 Å². The summed E-state index contributed by atoms with van der Waals surface area (Å²) in [7, 11) is -4.06. The van der Waals surface area contributed by atoms with E-state index in [1.165, 1.54) is 0 Å². The van der Waals surface area contributed by atoms with Gasteiger partial charge in [-0.3, -0.25) is 0 Å². The molecule has 7 heteroatoms. The minimum Gasteiger partial charge on any atom is -0.396 e. The first kappa shape index (κ1) is 15.2. The van der Waals surface area contributed by atoms with Gasteiger partial charge in [-0.1, -0.05) is 20.3 Å². The van der Waals surface area contributed by atoms with Crippen LogP contribution in [0.4, 0.5) is 14.5 Å². The van der Waals surface area contributed by atoms with E-state index in [1.807, 2.05) is 13.8 Å². The molecule has 0 aliphatic heterocycles. The van der Waals surface area contributed by atoms with Crippen LogP contribution in [0.2, 0.25) is 0 Å². The lowest BCUT2D eigenvalue weighted by Crippen LogP contribution is -2.41. The Bertz CT molecular complexity index is 630. The summed E-state index contributed by atoms with van der Waals surface area (Å²) in [6.45, 7) is 3.92. The van der Waals surface area contributed by atoms with E-state index in [0.29, 0.717) is 12.5 Å². The van der Waals surface area contributed by atoms with Crippen molar-refractivity contribution in [2.75, 3.05) is 5.73 Å². The molecule has 112 valence electrons. The van der Waals surface area contributed by atoms with E-state index < -0.39 is 32.2 Å². The van der Waals surface area contributed by atoms with Gasteiger partial charge in [-0.25, -0.2) is 21.9 Å². The predicted molar refractivity (Wildman–Crippen MR) is 72.5 cm³/mol. The minimum absolute atomic E-state index is 0.185. The van der Waals surface area contributed by atoms with E-state index in [9.17, 15) is 17.2 Å². The third-order valence-electron chi connectivity index (χ3n) is 3.90. The number of halogens is 2. The molecule has 3 N–H and O–H groups in total. The van der Waals surface area contributed by atoms with E-state index in [2.05, 4.69) is 4.72 Å². The van der Waals surface area contributed by atoms with Gasteiger partial charge in [-0.05, 0) is 24.3 Å². The Morgan fingerprint density at radius 3 is 2.50 bits per heavy atom. The molecular weight excluding hydrogens is 286 g/mol. The first-order chi connectivity index (χ1) is 9.13. The number of sulfonamides is 1. The zero-order valence-corrected chi connectivity index (χ0v) is 12.2. The molecule has 0 saturated heterocycles. The maximum absolute atomic E-state index is 13.7. The molecule has 2 rings (SSSR count). The van der Waals surface area contributed by atoms with Gasteiger partial charge in [0.25, 0.3) is 0 Å². The van der Waals surface area contributed by atoms with Crippen molar-refractivity contribution < 1.29 is 17.2 Å². The van der Waals surface area contributed by atoms with Crippen LogP contribution in [-0.4, -0.2) is 14.5 Å². The van der Waals surface area contributed by atoms with Crippen LogP contribution in [0.1, 0.15) is 33.1 Å². The summed E-state index contributed by atoms with van der Waals surface area (Å²) in [5, 5.41) is 0. The van der Waals surface area contributed by atoms with Crippen LogP contribution in [0.25, 0.3) is 0 Å². The Morgan fingerprint density at radius 1 is 1.30 bits per heavy atom. The third-order valence-corrected chi connectivity index (χ3v) is 5.38. The number of hydrogen-bond donors (Lipinski definition) is 2. The van der Waals surface area contributed by atoms with Gasteiger partial charge in [-0.2, -0.15) is 0 Å². The standard InChI is InChI=1S/C13H18F2N2O2S/c1-13(2)5-3-4-12(13)17-20(18,19)11-7-10(16)8(14)6-9(11)15/h6-7,12,17H,3-5,16H2,1-2H3. The summed E-state index contributed by atoms with van der Waals surface area (Å²) in [6.07, 6.45) is 2.51. The molecule has 1 atom stereocenters. The highest BCUT2D eigenvalue weighted by Gasteiger charge is 2.37. The van der Waals surface area contributed by atoms with Gasteiger partial charge in [0.05, 0.1) is 5.69 Å². The van der Waals surface area contributed by atoms with Gasteiger partial charge in [0, 0.05) is 12.1 Å². The molecule has 1 aliphatic carbocycles. The quantitative estimate of drug-likeness (QED) is 0.842. The molecule has 0 radical (unpaired) electrons. The van der Waals surface area contributed by atoms with Crippen LogP contribution in [0.15, 0.2) is 17.0 Å². The first-order valence-corrected chi connectivity index (χ1v) is 7.89. The second kappa shape index (κ2) is 4.96. The fraction of sp³-hybridized carbons (Fsp3) is 0.538. The SMILES string of the molecule is CC1(C)CCCC1NS(=O)(=O)c1cc(N)c(F)cc1F. The zero-order valence-electron chi connectivity index (χ0n) is 11.4. The molecule has 0 heterocycles. The Labute approximate surface area is 117 Å². The van der Waals surface area contributed by atoms with Crippen molar-refractivity contribution in [1.82, 2.24) is 4.72 Å². The van der Waals surface area contributed by atoms with Gasteiger partial charge in [0.2, 0.25) is 10.0 Å². The predicted octanol–water partition coefficient (Wildman–Crippen LogP) is 2.40. The zero-order chi connectivity index (χ0) is 15.1. The molecular formula is C13H18F2N2O2S. The smallest absolute Gasteiger partial charge is 0.243 e. The molecule has 1 aromatic rings. The number of nitrogens with two attached hydrogens (primary N) is 1. The Kier molecular flexibility index (Phi) is 3.77. The largest absolute Gasteiger partial charge is 0.396 e. The van der Waals surface area contributed by atoms with Crippen molar-refractivity contribution in [3.8, 4) is 0 Å². The summed E-state index contributed by atoms with van der Waals surface area (Å²) < 4.78 is 53.7. The number of nitrogens with one attached hydrogen (secondary N) is 1. The summed E-state index contributed by atoms with van der Waals surface area (Å²) in [6, 6.07) is 1.04. The minimum atomic E-state index is -4.06. The van der Waals surface area contributed by atoms with Crippen molar-refractivity contribution in [3.05, 3.63) is 23.8 Å². The fourth-order valence-corrected chi connectivity index (χ4v) is 4.08. The Morgan fingerprint density at radius 2 is 1.95 bits per heavy atom. The van der Waals surface area contributed by atoms with Crippen molar-refractivity contribution >= 4 is 15.7 Å². The van der Waals surface area contributed by atoms with E-state index in [-0.39, 0.29) is 11.5 Å². The van der Waals surface area contributed by atoms with E-state index >= 15 is 0 Å². The highest BCUT2D eigenvalue weighted by atomic mass is 32.2. The van der Waals surface area contributed by atoms with Crippen LogP contribution in [0.5, 0.6) is 0 Å². The Balaban J connectivity index is 2.34. The molecule has 0 aromatic heterocycles. The lowest BCUT2D eigenvalue weighted by molar-refractivity contribution is 0.312. The van der Waals surface area contributed by atoms with Crippen LogP contribution in [0.3, 0.4) is 0 Å². The summed E-state index contributed by atoms with van der Waals surface area (Å²) >= 11 is 0. The monoisotopic (exact) mass is 304 g/mol. The van der Waals surface area contributed by atoms with Gasteiger partial charge in [0.1, 0.15) is 16.5 Å². The molecule has 0 amide bonds. The second-order valence-corrected chi connectivity index (χ2v) is 7.54. The fourth-order valence-electron chi connectivity index (χ4n) is 2.55. The number of rotatable bonds is 3. The molecule has 0 spiro atoms. The topological polar surface area (TPSA) is 72.2 Å². The molecule has 1 fully saturated rings. The van der Waals surface area contributed by atoms with Crippen LogP contribution < -0.4 is 10.5 Å². The van der Waals surface area contributed by atoms with Gasteiger partial charge < -0.3 is 5.73 Å². The van der Waals surface area contributed by atoms with Crippen LogP contribution >= 0.6 is 0 Å². The number of hydrogen-bond acceptors (Lipinski definition) is 3. The molecule has 20 heavy (non-hydrogen) atoms. The van der Waals surface area contributed by atoms with Crippen molar-refractivity contribution in [2.24, 2.45) is 5.41 Å². The summed E-state index contributed by atoms with van der Waals surface area (Å²) in [5.41, 5.74) is 4.74. The average molecular weight is 304 g/mol. The molecule has 1 unspecified atom stereocenters. The van der Waals surface area contributed by atoms with Crippen molar-refractivity contribution in [2.45, 2.75) is 44.0 Å². The van der Waals surface area contributed by atoms with Crippen LogP contribution in [-0.2, 0) is 10.0 Å². The van der Waals surface area contributed by atoms with Crippen LogP contribution in [0, 0.1) is 17.0 Å². The maximum atomic E-state index is 13.7. The van der Waals surface area contributed by atoms with Crippen molar-refractivity contribution in [1.29, 1.82) is 0 Å². The van der Waals surface area contributed by atoms with E-state index in [4.69, 9.17) is 5.73 Å². The third kappa shape index (κ3) is 2.78. The lowest BCUT2D eigenvalue weighted by Gasteiger charge is -2.27. The number of nitrogen functional groups attached to an aromatic ring is 1. The van der Waals surface area contributed by atoms with E-state index in [1.54, 1.807) is 0 Å². The lowest BCUT2D eigenvalue weighted by atomic mass is 9.88. The molecule has 0 bridgehead atoms. The highest BCUT2D eigenvalue weighted by molar-refractivity contribution is 7.89. The molecule has 1 aliphatic rings. The van der Waals surface area contributed by atoms with Gasteiger partial charge in [-0.15, -0.1) is 0 Å². The maximum Gasteiger partial charge on any atom is 0.243 e. The highest BCUT2D eigenvalue weighted by Crippen LogP contribution is 2.38. The van der Waals surface area contributed by atoms with Gasteiger partial charge >= 0.3 is 0 Å². The second-order valence-electron chi connectivity index (χ2n) is 5.86. The van der Waals surface area contributed by atoms with Crippen molar-refractivity contribution in [3.63, 3.8) is 0 Å². The normalized spacial score (nSPS) is 22.1. The van der Waals surface area contributed by atoms with Gasteiger partial charge in [0.15, 0.2) is 0 Å². The summed E-state index contributed by atoms with van der Waals surface area (Å²) in [5.74, 6) is -2.11. The number of anilines is 1. The summed E-state index contributed by atoms with van der Waals surface area (Å²) in [4.78, 5) is -0.612. The molecule has 4 nitrogen and oxygen atoms in total. The Hall–Kier alpha value is -1.21.